The number of hydrogen-bond acceptors (Lipinski definition) is 5. The molecule has 0 aliphatic rings. The molecule has 0 bridgehead atoms. The zero-order valence-electron chi connectivity index (χ0n) is 12.1. The van der Waals surface area contributed by atoms with Crippen molar-refractivity contribution in [2.45, 2.75) is 13.8 Å². The van der Waals surface area contributed by atoms with Crippen LogP contribution in [0.4, 0.5) is 0 Å². The van der Waals surface area contributed by atoms with Crippen molar-refractivity contribution >= 4 is 33.6 Å². The van der Waals surface area contributed by atoms with Gasteiger partial charge in [-0.3, -0.25) is 4.98 Å². The first-order valence-corrected chi connectivity index (χ1v) is 7.58. The minimum Gasteiger partial charge on any atom is -0.477 e. The van der Waals surface area contributed by atoms with Crippen molar-refractivity contribution in [3.63, 3.8) is 0 Å². The van der Waals surface area contributed by atoms with E-state index >= 15 is 0 Å². The molecule has 3 aromatic heterocycles. The number of carboxylic acids is 1. The Labute approximate surface area is 130 Å². The van der Waals surface area contributed by atoms with Gasteiger partial charge in [-0.1, -0.05) is 19.9 Å². The number of nitrogens with zero attached hydrogens (tertiary/aromatic N) is 4. The van der Waals surface area contributed by atoms with Crippen LogP contribution in [0.25, 0.3) is 22.1 Å². The van der Waals surface area contributed by atoms with Crippen molar-refractivity contribution < 1.29 is 9.90 Å². The number of aromatic nitrogens is 4. The van der Waals surface area contributed by atoms with Gasteiger partial charge in [-0.05, 0) is 18.1 Å². The third kappa shape index (κ3) is 2.62. The van der Waals surface area contributed by atoms with Crippen LogP contribution in [-0.4, -0.2) is 30.8 Å². The molecule has 0 atom stereocenters. The van der Waals surface area contributed by atoms with Gasteiger partial charge in [-0.15, -0.1) is 11.3 Å². The first kappa shape index (κ1) is 14.4. The minimum atomic E-state index is -0.939. The van der Waals surface area contributed by atoms with Gasteiger partial charge in [0.05, 0.1) is 11.9 Å². The maximum Gasteiger partial charge on any atom is 0.345 e. The van der Waals surface area contributed by atoms with Crippen LogP contribution in [0.1, 0.15) is 29.2 Å². The number of carbonyl (C=O) groups is 1. The Morgan fingerprint density at radius 3 is 2.86 bits per heavy atom. The highest BCUT2D eigenvalue weighted by Crippen LogP contribution is 2.31. The van der Waals surface area contributed by atoms with Crippen LogP contribution in [0.3, 0.4) is 0 Å². The van der Waals surface area contributed by atoms with Gasteiger partial charge < -0.3 is 5.11 Å². The molecule has 0 aliphatic carbocycles. The number of allylic oxidation sites excluding steroid dienone is 1. The summed E-state index contributed by atoms with van der Waals surface area (Å²) in [6, 6.07) is 1.65. The molecule has 1 N–H and O–H groups in total. The van der Waals surface area contributed by atoms with Crippen molar-refractivity contribution in [1.82, 2.24) is 19.7 Å². The quantitative estimate of drug-likeness (QED) is 0.799. The largest absolute Gasteiger partial charge is 0.477 e. The molecule has 0 saturated carbocycles. The second kappa shape index (κ2) is 5.69. The molecule has 0 aromatic carbocycles. The van der Waals surface area contributed by atoms with Crippen molar-refractivity contribution in [3.8, 4) is 5.82 Å². The Bertz CT molecular complexity index is 849. The number of rotatable bonds is 4. The number of carboxylic acid groups (broad SMARTS) is 1. The lowest BCUT2D eigenvalue weighted by Crippen LogP contribution is -1.99. The summed E-state index contributed by atoms with van der Waals surface area (Å²) in [7, 11) is 0. The van der Waals surface area contributed by atoms with E-state index in [0.29, 0.717) is 11.7 Å². The van der Waals surface area contributed by atoms with E-state index in [2.05, 4.69) is 28.9 Å². The van der Waals surface area contributed by atoms with Gasteiger partial charge in [0.25, 0.3) is 0 Å². The molecule has 3 heterocycles. The van der Waals surface area contributed by atoms with E-state index in [-0.39, 0.29) is 4.88 Å². The first-order valence-electron chi connectivity index (χ1n) is 6.76. The fourth-order valence-corrected chi connectivity index (χ4v) is 2.96. The lowest BCUT2D eigenvalue weighted by molar-refractivity contribution is 0.0702. The molecule has 22 heavy (non-hydrogen) atoms. The van der Waals surface area contributed by atoms with Gasteiger partial charge in [-0.25, -0.2) is 14.5 Å². The Balaban J connectivity index is 2.21. The van der Waals surface area contributed by atoms with Crippen molar-refractivity contribution in [2.24, 2.45) is 5.92 Å². The van der Waals surface area contributed by atoms with Crippen LogP contribution < -0.4 is 0 Å². The minimum absolute atomic E-state index is 0.282. The summed E-state index contributed by atoms with van der Waals surface area (Å²) in [4.78, 5) is 20.5. The van der Waals surface area contributed by atoms with E-state index < -0.39 is 5.97 Å². The van der Waals surface area contributed by atoms with Gasteiger partial charge in [0.1, 0.15) is 9.71 Å². The van der Waals surface area contributed by atoms with Gasteiger partial charge in [0, 0.05) is 17.8 Å². The van der Waals surface area contributed by atoms with Crippen molar-refractivity contribution in [3.05, 3.63) is 41.3 Å². The maximum absolute atomic E-state index is 11.2. The Hall–Kier alpha value is -2.54. The Morgan fingerprint density at radius 1 is 1.41 bits per heavy atom. The average molecular weight is 314 g/mol. The molecule has 6 nitrogen and oxygen atoms in total. The number of thiophene rings is 1. The summed E-state index contributed by atoms with van der Waals surface area (Å²) in [5.41, 5.74) is 0.734. The normalized spacial score (nSPS) is 11.8. The van der Waals surface area contributed by atoms with Crippen LogP contribution in [0.2, 0.25) is 0 Å². The highest BCUT2D eigenvalue weighted by molar-refractivity contribution is 7.20. The third-order valence-corrected chi connectivity index (χ3v) is 4.10. The molecular weight excluding hydrogens is 300 g/mol. The molecular formula is C15H14N4O2S. The topological polar surface area (TPSA) is 80.9 Å². The van der Waals surface area contributed by atoms with Crippen LogP contribution in [0.5, 0.6) is 0 Å². The van der Waals surface area contributed by atoms with Crippen molar-refractivity contribution in [2.75, 3.05) is 0 Å². The predicted octanol–water partition coefficient (Wildman–Crippen LogP) is 3.24. The zero-order chi connectivity index (χ0) is 15.7. The molecule has 112 valence electrons. The van der Waals surface area contributed by atoms with E-state index in [9.17, 15) is 9.90 Å². The van der Waals surface area contributed by atoms with E-state index in [1.54, 1.807) is 29.3 Å². The third-order valence-electron chi connectivity index (χ3n) is 3.00. The molecule has 3 rings (SSSR count). The van der Waals surface area contributed by atoms with Crippen LogP contribution in [0.15, 0.2) is 30.7 Å². The second-order valence-corrected chi connectivity index (χ2v) is 6.13. The van der Waals surface area contributed by atoms with Gasteiger partial charge in [0.15, 0.2) is 5.82 Å². The zero-order valence-corrected chi connectivity index (χ0v) is 12.9. The summed E-state index contributed by atoms with van der Waals surface area (Å²) in [5, 5.41) is 14.6. The Morgan fingerprint density at radius 2 is 2.23 bits per heavy atom. The van der Waals surface area contributed by atoms with Gasteiger partial charge in [-0.2, -0.15) is 5.10 Å². The summed E-state index contributed by atoms with van der Waals surface area (Å²) in [6.45, 7) is 4.15. The summed E-state index contributed by atoms with van der Waals surface area (Å²) < 4.78 is 1.64. The molecule has 7 heteroatoms. The number of hydrogen-bond donors (Lipinski definition) is 1. The predicted molar refractivity (Wildman–Crippen MR) is 85.4 cm³/mol. The molecule has 0 amide bonds. The lowest BCUT2D eigenvalue weighted by atomic mass is 10.2. The standard InChI is InChI=1S/C15H14N4O2S/c1-9(2)3-4-11-10-7-12(15(20)21)22-14(10)19(18-11)13-8-16-5-6-17-13/h3-9H,1-2H3,(H,20,21). The van der Waals surface area contributed by atoms with Gasteiger partial charge >= 0.3 is 5.97 Å². The Kier molecular flexibility index (Phi) is 3.72. The van der Waals surface area contributed by atoms with Crippen molar-refractivity contribution in [1.29, 1.82) is 0 Å². The molecule has 0 aliphatic heterocycles. The SMILES string of the molecule is CC(C)C=Cc1nn(-c2cnccn2)c2sc(C(=O)O)cc12. The van der Waals surface area contributed by atoms with Crippen LogP contribution in [0, 0.1) is 5.92 Å². The first-order chi connectivity index (χ1) is 10.6. The smallest absolute Gasteiger partial charge is 0.345 e. The van der Waals surface area contributed by atoms with E-state index in [4.69, 9.17) is 0 Å². The molecule has 0 saturated heterocycles. The monoisotopic (exact) mass is 314 g/mol. The number of fused-ring (bicyclic) bond motifs is 1. The summed E-state index contributed by atoms with van der Waals surface area (Å²) >= 11 is 1.18. The lowest BCUT2D eigenvalue weighted by Gasteiger charge is -1.98. The van der Waals surface area contributed by atoms with Gasteiger partial charge in [0.2, 0.25) is 0 Å². The fourth-order valence-electron chi connectivity index (χ4n) is 2.00. The average Bonchev–Trinajstić information content (AvgIpc) is 3.05. The second-order valence-electron chi connectivity index (χ2n) is 5.10. The number of aromatic carboxylic acids is 1. The van der Waals surface area contributed by atoms with E-state index in [1.165, 1.54) is 11.3 Å². The van der Waals surface area contributed by atoms with E-state index in [0.717, 1.165) is 15.9 Å². The van der Waals surface area contributed by atoms with Crippen LogP contribution >= 0.6 is 11.3 Å². The molecule has 0 fully saturated rings. The van der Waals surface area contributed by atoms with E-state index in [1.807, 2.05) is 12.2 Å². The summed E-state index contributed by atoms with van der Waals surface area (Å²) in [5.74, 6) is 0.00969. The fraction of sp³-hybridized carbons (Fsp3) is 0.200. The molecule has 0 spiro atoms. The molecule has 3 aromatic rings. The highest BCUT2D eigenvalue weighted by Gasteiger charge is 2.17. The van der Waals surface area contributed by atoms with Crippen LogP contribution in [-0.2, 0) is 0 Å². The molecule has 0 unspecified atom stereocenters. The highest BCUT2D eigenvalue weighted by atomic mass is 32.1. The molecule has 0 radical (unpaired) electrons. The maximum atomic E-state index is 11.2. The summed E-state index contributed by atoms with van der Waals surface area (Å²) in [6.07, 6.45) is 8.71.